The van der Waals surface area contributed by atoms with Gasteiger partial charge in [-0.2, -0.15) is 0 Å². The van der Waals surface area contributed by atoms with Crippen molar-refractivity contribution >= 4 is 11.5 Å². The van der Waals surface area contributed by atoms with Crippen molar-refractivity contribution in [3.8, 4) is 0 Å². The number of nitrogens with one attached hydrogen (secondary N) is 1. The molecule has 1 unspecified atom stereocenters. The Morgan fingerprint density at radius 2 is 2.70 bits per heavy atom. The van der Waals surface area contributed by atoms with Gasteiger partial charge in [0.05, 0.1) is 17.1 Å². The molecule has 1 rings (SSSR count). The van der Waals surface area contributed by atoms with Crippen molar-refractivity contribution in [2.45, 2.75) is 6.04 Å². The van der Waals surface area contributed by atoms with Gasteiger partial charge in [0.15, 0.2) is 0 Å². The second kappa shape index (κ2) is 3.43. The number of rotatable bonds is 3. The van der Waals surface area contributed by atoms with Gasteiger partial charge in [-0.05, 0) is 18.6 Å². The molecule has 10 heavy (non-hydrogen) atoms. The van der Waals surface area contributed by atoms with E-state index in [2.05, 4.69) is 21.5 Å². The highest BCUT2D eigenvalue weighted by Gasteiger charge is 2.05. The van der Waals surface area contributed by atoms with Crippen molar-refractivity contribution in [3.05, 3.63) is 23.7 Å². The number of hydrogen-bond donors (Lipinski definition) is 1. The molecule has 0 saturated heterocycles. The highest BCUT2D eigenvalue weighted by molar-refractivity contribution is 7.05. The maximum absolute atomic E-state index is 3.74. The van der Waals surface area contributed by atoms with Crippen molar-refractivity contribution in [2.24, 2.45) is 0 Å². The Morgan fingerprint density at radius 3 is 3.10 bits per heavy atom. The van der Waals surface area contributed by atoms with Gasteiger partial charge >= 0.3 is 0 Å². The predicted octanol–water partition coefficient (Wildman–Crippen LogP) is 0.985. The van der Waals surface area contributed by atoms with E-state index in [4.69, 9.17) is 0 Å². The fourth-order valence-corrected chi connectivity index (χ4v) is 1.30. The Kier molecular flexibility index (Phi) is 2.53. The molecule has 1 aromatic heterocycles. The Morgan fingerprint density at radius 1 is 1.90 bits per heavy atom. The molecule has 0 bridgehead atoms. The van der Waals surface area contributed by atoms with Crippen molar-refractivity contribution < 1.29 is 0 Å². The number of nitrogens with zero attached hydrogens (tertiary/aromatic N) is 2. The van der Waals surface area contributed by atoms with E-state index in [-0.39, 0.29) is 6.04 Å². The predicted molar refractivity (Wildman–Crippen MR) is 41.9 cm³/mol. The van der Waals surface area contributed by atoms with Crippen LogP contribution in [0.1, 0.15) is 10.9 Å². The molecule has 1 N–H and O–H groups in total. The number of likely N-dealkylation sites (N-methyl/N-ethyl adjacent to an activating group) is 1. The van der Waals surface area contributed by atoms with Crippen LogP contribution in [0.5, 0.6) is 0 Å². The Bertz CT molecular complexity index is 195. The minimum absolute atomic E-state index is 0.194. The summed E-state index contributed by atoms with van der Waals surface area (Å²) in [4.78, 5) is 1.09. The second-order valence-electron chi connectivity index (χ2n) is 1.82. The highest BCUT2D eigenvalue weighted by Crippen LogP contribution is 2.14. The molecule has 0 radical (unpaired) electrons. The lowest BCUT2D eigenvalue weighted by atomic mass is 10.3. The zero-order valence-electron chi connectivity index (χ0n) is 5.74. The first-order valence-corrected chi connectivity index (χ1v) is 3.73. The van der Waals surface area contributed by atoms with Gasteiger partial charge < -0.3 is 5.32 Å². The second-order valence-corrected chi connectivity index (χ2v) is 2.64. The summed E-state index contributed by atoms with van der Waals surface area (Å²) in [6.45, 7) is 3.68. The Hall–Kier alpha value is -0.740. The molecule has 0 spiro atoms. The molecule has 0 saturated carbocycles. The average Bonchev–Trinajstić information content (AvgIpc) is 2.43. The summed E-state index contributed by atoms with van der Waals surface area (Å²) in [5.74, 6) is 0. The van der Waals surface area contributed by atoms with Gasteiger partial charge in [-0.15, -0.1) is 11.7 Å². The highest BCUT2D eigenvalue weighted by atomic mass is 32.1. The molecular formula is C6H9N3S. The lowest BCUT2D eigenvalue weighted by Crippen LogP contribution is -2.11. The van der Waals surface area contributed by atoms with E-state index < -0.39 is 0 Å². The molecule has 0 aliphatic rings. The van der Waals surface area contributed by atoms with Crippen LogP contribution in [0.3, 0.4) is 0 Å². The van der Waals surface area contributed by atoms with Crippen LogP contribution in [0.15, 0.2) is 18.9 Å². The molecule has 0 fully saturated rings. The first kappa shape index (κ1) is 7.37. The standard InChI is InChI=1S/C6H9N3S/c1-3-5(7-2)6-4-8-9-10-6/h3-5,7H,1H2,2H3. The minimum atomic E-state index is 0.194. The molecule has 54 valence electrons. The smallest absolute Gasteiger partial charge is 0.0672 e. The maximum atomic E-state index is 3.74. The number of hydrogen-bond acceptors (Lipinski definition) is 4. The molecule has 0 aromatic carbocycles. The number of aromatic nitrogens is 2. The topological polar surface area (TPSA) is 37.8 Å². The molecule has 0 aliphatic carbocycles. The normalized spacial score (nSPS) is 12.9. The van der Waals surface area contributed by atoms with Crippen LogP contribution < -0.4 is 5.32 Å². The van der Waals surface area contributed by atoms with Crippen molar-refractivity contribution in [1.29, 1.82) is 0 Å². The van der Waals surface area contributed by atoms with E-state index in [9.17, 15) is 0 Å². The maximum Gasteiger partial charge on any atom is 0.0672 e. The van der Waals surface area contributed by atoms with E-state index in [0.717, 1.165) is 4.88 Å². The summed E-state index contributed by atoms with van der Waals surface area (Å²) in [5.41, 5.74) is 0. The fraction of sp³-hybridized carbons (Fsp3) is 0.333. The lowest BCUT2D eigenvalue weighted by molar-refractivity contribution is 0.727. The van der Waals surface area contributed by atoms with Crippen molar-refractivity contribution in [3.63, 3.8) is 0 Å². The monoisotopic (exact) mass is 155 g/mol. The Balaban J connectivity index is 2.73. The van der Waals surface area contributed by atoms with E-state index in [1.807, 2.05) is 13.1 Å². The quantitative estimate of drug-likeness (QED) is 0.661. The summed E-state index contributed by atoms with van der Waals surface area (Å²) in [6, 6.07) is 0.194. The lowest BCUT2D eigenvalue weighted by Gasteiger charge is -2.04. The summed E-state index contributed by atoms with van der Waals surface area (Å²) in [6.07, 6.45) is 3.57. The van der Waals surface area contributed by atoms with Crippen LogP contribution in [-0.2, 0) is 0 Å². The van der Waals surface area contributed by atoms with Gasteiger partial charge in [-0.3, -0.25) is 0 Å². The van der Waals surface area contributed by atoms with Gasteiger partial charge in [0, 0.05) is 0 Å². The largest absolute Gasteiger partial charge is 0.309 e. The third-order valence-electron chi connectivity index (χ3n) is 1.23. The molecule has 4 heteroatoms. The molecule has 3 nitrogen and oxygen atoms in total. The fourth-order valence-electron chi connectivity index (χ4n) is 0.688. The van der Waals surface area contributed by atoms with E-state index in [0.29, 0.717) is 0 Å². The average molecular weight is 155 g/mol. The summed E-state index contributed by atoms with van der Waals surface area (Å²) < 4.78 is 3.74. The minimum Gasteiger partial charge on any atom is -0.309 e. The third kappa shape index (κ3) is 1.40. The summed E-state index contributed by atoms with van der Waals surface area (Å²) in [7, 11) is 1.88. The molecule has 0 amide bonds. The molecule has 1 atom stereocenters. The molecule has 1 aromatic rings. The van der Waals surface area contributed by atoms with Gasteiger partial charge in [0.2, 0.25) is 0 Å². The van der Waals surface area contributed by atoms with Crippen LogP contribution in [0, 0.1) is 0 Å². The van der Waals surface area contributed by atoms with E-state index in [1.54, 1.807) is 6.20 Å². The Labute approximate surface area is 63.9 Å². The first-order valence-electron chi connectivity index (χ1n) is 2.95. The summed E-state index contributed by atoms with van der Waals surface area (Å²) >= 11 is 1.39. The van der Waals surface area contributed by atoms with Crippen LogP contribution >= 0.6 is 11.5 Å². The van der Waals surface area contributed by atoms with Gasteiger partial charge in [0.25, 0.3) is 0 Å². The van der Waals surface area contributed by atoms with Crippen LogP contribution in [0.4, 0.5) is 0 Å². The first-order chi connectivity index (χ1) is 4.88. The molecule has 1 heterocycles. The third-order valence-corrected chi connectivity index (χ3v) is 1.98. The zero-order valence-corrected chi connectivity index (χ0v) is 6.56. The summed E-state index contributed by atoms with van der Waals surface area (Å²) in [5, 5.41) is 6.79. The van der Waals surface area contributed by atoms with Crippen molar-refractivity contribution in [2.75, 3.05) is 7.05 Å². The SMILES string of the molecule is C=CC(NC)c1cnns1. The van der Waals surface area contributed by atoms with Gasteiger partial charge in [0.1, 0.15) is 0 Å². The zero-order chi connectivity index (χ0) is 7.40. The van der Waals surface area contributed by atoms with Gasteiger partial charge in [-0.1, -0.05) is 10.6 Å². The molecular weight excluding hydrogens is 146 g/mol. The van der Waals surface area contributed by atoms with Crippen LogP contribution in [0.25, 0.3) is 0 Å². The van der Waals surface area contributed by atoms with Crippen LogP contribution in [-0.4, -0.2) is 16.6 Å². The van der Waals surface area contributed by atoms with E-state index in [1.165, 1.54) is 11.5 Å². The van der Waals surface area contributed by atoms with Crippen molar-refractivity contribution in [1.82, 2.24) is 14.9 Å². The van der Waals surface area contributed by atoms with E-state index >= 15 is 0 Å². The van der Waals surface area contributed by atoms with Crippen LogP contribution in [0.2, 0.25) is 0 Å². The van der Waals surface area contributed by atoms with Gasteiger partial charge in [-0.25, -0.2) is 0 Å². The molecule has 0 aliphatic heterocycles.